The zero-order valence-electron chi connectivity index (χ0n) is 50.3. The number of nitrogens with one attached hydrogen (secondary N) is 1. The van der Waals surface area contributed by atoms with Gasteiger partial charge in [0.1, 0.15) is 13.2 Å². The van der Waals surface area contributed by atoms with E-state index in [1.807, 2.05) is 27.2 Å². The normalized spacial score (nSPS) is 14.2. The summed E-state index contributed by atoms with van der Waals surface area (Å²) in [6.07, 6.45) is 77.8. The maximum absolute atomic E-state index is 13.0. The molecule has 1 amide bonds. The molecule has 0 aliphatic heterocycles. The van der Waals surface area contributed by atoms with Crippen LogP contribution in [0.25, 0.3) is 0 Å². The first-order chi connectivity index (χ1) is 36.5. The molecule has 440 valence electrons. The fourth-order valence-electron chi connectivity index (χ4n) is 9.40. The average Bonchev–Trinajstić information content (AvgIpc) is 3.37. The van der Waals surface area contributed by atoms with Gasteiger partial charge in [-0.2, -0.15) is 0 Å². The average molecular weight is 1070 g/mol. The summed E-state index contributed by atoms with van der Waals surface area (Å²) in [5, 5.41) is 14.0. The fourth-order valence-corrected chi connectivity index (χ4v) is 10.1. The van der Waals surface area contributed by atoms with Gasteiger partial charge in [-0.15, -0.1) is 0 Å². The van der Waals surface area contributed by atoms with E-state index in [9.17, 15) is 19.4 Å². The summed E-state index contributed by atoms with van der Waals surface area (Å²) < 4.78 is 23.7. The molecule has 0 bridgehead atoms. The third-order valence-electron chi connectivity index (χ3n) is 14.4. The Hall–Kier alpha value is -1.80. The van der Waals surface area contributed by atoms with E-state index in [0.29, 0.717) is 17.4 Å². The van der Waals surface area contributed by atoms with Crippen LogP contribution in [-0.4, -0.2) is 73.4 Å². The third kappa shape index (κ3) is 59.7. The van der Waals surface area contributed by atoms with Crippen LogP contribution >= 0.6 is 7.82 Å². The van der Waals surface area contributed by atoms with E-state index in [1.54, 1.807) is 6.08 Å². The summed E-state index contributed by atoms with van der Waals surface area (Å²) in [5.41, 5.74) is 0. The van der Waals surface area contributed by atoms with E-state index in [1.165, 1.54) is 231 Å². The molecule has 0 aliphatic carbocycles. The summed E-state index contributed by atoms with van der Waals surface area (Å²) in [7, 11) is 1.55. The summed E-state index contributed by atoms with van der Waals surface area (Å²) in [4.78, 5) is 23.4. The number of aliphatic hydroxyl groups is 1. The van der Waals surface area contributed by atoms with Crippen molar-refractivity contribution in [2.75, 3.05) is 40.9 Å². The van der Waals surface area contributed by atoms with Gasteiger partial charge >= 0.3 is 7.82 Å². The van der Waals surface area contributed by atoms with Crippen molar-refractivity contribution in [3.05, 3.63) is 60.8 Å². The highest BCUT2D eigenvalue weighted by atomic mass is 31.2. The van der Waals surface area contributed by atoms with E-state index in [-0.39, 0.29) is 19.1 Å². The van der Waals surface area contributed by atoms with Crippen LogP contribution in [0.4, 0.5) is 0 Å². The molecule has 0 radical (unpaired) electrons. The zero-order valence-corrected chi connectivity index (χ0v) is 51.2. The first-order valence-electron chi connectivity index (χ1n) is 32.2. The molecule has 0 spiro atoms. The topological polar surface area (TPSA) is 105 Å². The van der Waals surface area contributed by atoms with Crippen molar-refractivity contribution in [1.29, 1.82) is 0 Å². The number of rotatable bonds is 59. The minimum Gasteiger partial charge on any atom is -0.387 e. The number of phosphoric ester groups is 1. The Labute approximate surface area is 466 Å². The van der Waals surface area contributed by atoms with E-state index in [2.05, 4.69) is 67.8 Å². The van der Waals surface area contributed by atoms with Crippen LogP contribution in [0.3, 0.4) is 0 Å². The zero-order chi connectivity index (χ0) is 54.9. The third-order valence-corrected chi connectivity index (χ3v) is 15.4. The van der Waals surface area contributed by atoms with Crippen molar-refractivity contribution in [2.24, 2.45) is 0 Å². The lowest BCUT2D eigenvalue weighted by atomic mass is 10.0. The number of nitrogens with zero attached hydrogens (tertiary/aromatic N) is 1. The lowest BCUT2D eigenvalue weighted by molar-refractivity contribution is -0.870. The van der Waals surface area contributed by atoms with Crippen LogP contribution < -0.4 is 5.32 Å². The van der Waals surface area contributed by atoms with Crippen LogP contribution in [0.2, 0.25) is 0 Å². The van der Waals surface area contributed by atoms with Crippen LogP contribution in [0.15, 0.2) is 60.8 Å². The molecule has 75 heavy (non-hydrogen) atoms. The molecule has 0 aromatic rings. The molecule has 3 N–H and O–H groups in total. The number of unbranched alkanes of at least 4 members (excludes halogenated alkanes) is 38. The fraction of sp³-hybridized carbons (Fsp3) is 0.833. The number of hydrogen-bond donors (Lipinski definition) is 3. The van der Waals surface area contributed by atoms with Crippen molar-refractivity contribution in [3.8, 4) is 0 Å². The highest BCUT2D eigenvalue weighted by molar-refractivity contribution is 7.47. The number of quaternary nitrogens is 1. The molecule has 0 aliphatic rings. The van der Waals surface area contributed by atoms with E-state index in [0.717, 1.165) is 51.4 Å². The molecule has 0 heterocycles. The standard InChI is InChI=1S/C66H125N2O6P/c1-6-8-10-12-14-16-18-20-22-24-26-28-30-32-33-34-36-37-39-41-43-45-47-49-51-53-55-57-59-65(69)64(63-74-75(71,72)73-62-61-68(3,4)5)67-66(70)60-58-56-54-52-50-48-46-44-42-40-38-35-31-29-27-25-23-21-19-17-15-13-11-9-7-2/h19,21,25,27,41,43,49,51,57,59,64-65,69H,6-18,20,22-24,26,28-40,42,44-48,50,52-56,58,60-63H2,1-5H3,(H-,67,70,71,72)/p+1/b21-19-,27-25-,43-41+,51-49+,59-57+. The maximum Gasteiger partial charge on any atom is 0.472 e. The van der Waals surface area contributed by atoms with Crippen molar-refractivity contribution in [1.82, 2.24) is 5.32 Å². The maximum atomic E-state index is 13.0. The molecule has 0 rings (SSSR count). The van der Waals surface area contributed by atoms with Crippen LogP contribution in [-0.2, 0) is 18.4 Å². The van der Waals surface area contributed by atoms with Gasteiger partial charge in [0, 0.05) is 6.42 Å². The number of allylic oxidation sites excluding steroid dienone is 9. The number of likely N-dealkylation sites (N-methyl/N-ethyl adjacent to an activating group) is 1. The Kier molecular flexibility index (Phi) is 55.5. The van der Waals surface area contributed by atoms with Gasteiger partial charge in [-0.1, -0.05) is 280 Å². The molecule has 8 nitrogen and oxygen atoms in total. The predicted molar refractivity (Wildman–Crippen MR) is 327 cm³/mol. The van der Waals surface area contributed by atoms with E-state index >= 15 is 0 Å². The van der Waals surface area contributed by atoms with Crippen molar-refractivity contribution >= 4 is 13.7 Å². The van der Waals surface area contributed by atoms with Crippen molar-refractivity contribution in [2.45, 2.75) is 315 Å². The quantitative estimate of drug-likeness (QED) is 0.0243. The Morgan fingerprint density at radius 2 is 0.773 bits per heavy atom. The second kappa shape index (κ2) is 56.9. The molecular weight excluding hydrogens is 948 g/mol. The largest absolute Gasteiger partial charge is 0.472 e. The predicted octanol–water partition coefficient (Wildman–Crippen LogP) is 20.0. The van der Waals surface area contributed by atoms with Crippen LogP contribution in [0.5, 0.6) is 0 Å². The van der Waals surface area contributed by atoms with Gasteiger partial charge in [-0.05, 0) is 77.0 Å². The Morgan fingerprint density at radius 3 is 1.15 bits per heavy atom. The molecule has 0 aromatic heterocycles. The summed E-state index contributed by atoms with van der Waals surface area (Å²) in [6.45, 7) is 4.81. The molecule has 3 atom stereocenters. The van der Waals surface area contributed by atoms with E-state index < -0.39 is 20.0 Å². The monoisotopic (exact) mass is 1070 g/mol. The molecule has 0 saturated heterocycles. The molecule has 3 unspecified atom stereocenters. The highest BCUT2D eigenvalue weighted by Crippen LogP contribution is 2.43. The second-order valence-corrected chi connectivity index (χ2v) is 24.6. The van der Waals surface area contributed by atoms with Gasteiger partial charge in [0.05, 0.1) is 39.9 Å². The Morgan fingerprint density at radius 1 is 0.453 bits per heavy atom. The van der Waals surface area contributed by atoms with Crippen molar-refractivity contribution < 1.29 is 32.9 Å². The highest BCUT2D eigenvalue weighted by Gasteiger charge is 2.27. The number of carbonyl (C=O) groups excluding carboxylic acids is 1. The van der Waals surface area contributed by atoms with Crippen LogP contribution in [0.1, 0.15) is 303 Å². The molecular formula is C66H126N2O6P+. The van der Waals surface area contributed by atoms with Crippen LogP contribution in [0, 0.1) is 0 Å². The van der Waals surface area contributed by atoms with E-state index in [4.69, 9.17) is 9.05 Å². The minimum absolute atomic E-state index is 0.0524. The minimum atomic E-state index is -4.37. The number of phosphoric acid groups is 1. The van der Waals surface area contributed by atoms with Gasteiger partial charge in [0.25, 0.3) is 0 Å². The first kappa shape index (κ1) is 73.2. The molecule has 0 saturated carbocycles. The Bertz CT molecular complexity index is 1400. The first-order valence-corrected chi connectivity index (χ1v) is 33.7. The summed E-state index contributed by atoms with van der Waals surface area (Å²) in [5.74, 6) is -0.190. The number of amides is 1. The number of hydrogen-bond acceptors (Lipinski definition) is 5. The lowest BCUT2D eigenvalue weighted by Crippen LogP contribution is -2.45. The summed E-state index contributed by atoms with van der Waals surface area (Å²) in [6, 6.07) is -0.873. The lowest BCUT2D eigenvalue weighted by Gasteiger charge is -2.25. The molecule has 0 aromatic carbocycles. The number of carbonyl (C=O) groups is 1. The second-order valence-electron chi connectivity index (χ2n) is 23.1. The summed E-state index contributed by atoms with van der Waals surface area (Å²) >= 11 is 0. The Balaban J connectivity index is 4.21. The van der Waals surface area contributed by atoms with Gasteiger partial charge in [-0.3, -0.25) is 13.8 Å². The SMILES string of the molecule is CCCCCCC/C=C\C/C=C\CCCCCCCCCCCCCCCC(=O)NC(COP(=O)(O)OCC[N+](C)(C)C)C(O)/C=C/CC/C=C/CC/C=C/CCCCCCCCCCCCCCCCCCCC. The van der Waals surface area contributed by atoms with Gasteiger partial charge in [-0.25, -0.2) is 4.57 Å². The van der Waals surface area contributed by atoms with Crippen molar-refractivity contribution in [3.63, 3.8) is 0 Å². The smallest absolute Gasteiger partial charge is 0.387 e. The number of aliphatic hydroxyl groups excluding tert-OH is 1. The molecule has 9 heteroatoms. The van der Waals surface area contributed by atoms with Gasteiger partial charge in [0.15, 0.2) is 0 Å². The van der Waals surface area contributed by atoms with Gasteiger partial charge in [0.2, 0.25) is 5.91 Å². The van der Waals surface area contributed by atoms with Gasteiger partial charge < -0.3 is 19.8 Å². The molecule has 0 fully saturated rings.